The van der Waals surface area contributed by atoms with Crippen LogP contribution in [0.1, 0.15) is 43.7 Å². The molecule has 3 rings (SSSR count). The molecule has 0 aliphatic carbocycles. The number of rotatable bonds is 10. The van der Waals surface area contributed by atoms with Crippen LogP contribution >= 0.6 is 0 Å². The maximum Gasteiger partial charge on any atom is 0.287 e. The van der Waals surface area contributed by atoms with Gasteiger partial charge in [-0.15, -0.1) is 0 Å². The Morgan fingerprint density at radius 3 is 2.83 bits per heavy atom. The molecule has 7 nitrogen and oxygen atoms in total. The molecule has 1 fully saturated rings. The Hall–Kier alpha value is -2.38. The zero-order valence-corrected chi connectivity index (χ0v) is 18.0. The SMILES string of the molecule is CCCC(CC)CNC(=O)c1cc(=O)c2cccc(OCCN3CCNCC3)c2o1. The maximum absolute atomic E-state index is 12.6. The third kappa shape index (κ3) is 5.83. The first-order valence-corrected chi connectivity index (χ1v) is 11.0. The second kappa shape index (κ2) is 11.1. The lowest BCUT2D eigenvalue weighted by Gasteiger charge is -2.26. The van der Waals surface area contributed by atoms with Crippen molar-refractivity contribution in [3.63, 3.8) is 0 Å². The second-order valence-corrected chi connectivity index (χ2v) is 7.82. The lowest BCUT2D eigenvalue weighted by molar-refractivity contribution is 0.0918. The maximum atomic E-state index is 12.6. The average molecular weight is 416 g/mol. The van der Waals surface area contributed by atoms with Gasteiger partial charge in [-0.1, -0.05) is 32.8 Å². The Labute approximate surface area is 177 Å². The number of hydrogen-bond acceptors (Lipinski definition) is 6. The van der Waals surface area contributed by atoms with Crippen LogP contribution in [0.15, 0.2) is 33.5 Å². The van der Waals surface area contributed by atoms with Crippen LogP contribution in [0.25, 0.3) is 11.0 Å². The molecule has 30 heavy (non-hydrogen) atoms. The number of fused-ring (bicyclic) bond motifs is 1. The fourth-order valence-corrected chi connectivity index (χ4v) is 3.78. The molecule has 1 aromatic heterocycles. The van der Waals surface area contributed by atoms with Gasteiger partial charge in [0.25, 0.3) is 5.91 Å². The lowest BCUT2D eigenvalue weighted by Crippen LogP contribution is -2.44. The van der Waals surface area contributed by atoms with Crippen LogP contribution < -0.4 is 20.8 Å². The van der Waals surface area contributed by atoms with E-state index in [2.05, 4.69) is 29.4 Å². The summed E-state index contributed by atoms with van der Waals surface area (Å²) in [5.41, 5.74) is 0.0885. The monoisotopic (exact) mass is 415 g/mol. The fraction of sp³-hybridized carbons (Fsp3) is 0.565. The van der Waals surface area contributed by atoms with Crippen LogP contribution in [0.5, 0.6) is 5.75 Å². The summed E-state index contributed by atoms with van der Waals surface area (Å²) in [6.45, 7) is 10.1. The van der Waals surface area contributed by atoms with Crippen molar-refractivity contribution in [1.82, 2.24) is 15.5 Å². The summed E-state index contributed by atoms with van der Waals surface area (Å²) in [6.07, 6.45) is 3.14. The van der Waals surface area contributed by atoms with E-state index in [4.69, 9.17) is 9.15 Å². The number of amides is 1. The summed E-state index contributed by atoms with van der Waals surface area (Å²) < 4.78 is 11.8. The van der Waals surface area contributed by atoms with Gasteiger partial charge in [0.15, 0.2) is 22.5 Å². The van der Waals surface area contributed by atoms with Crippen molar-refractivity contribution >= 4 is 16.9 Å². The third-order valence-electron chi connectivity index (χ3n) is 5.64. The Morgan fingerprint density at radius 1 is 1.30 bits per heavy atom. The van der Waals surface area contributed by atoms with Crippen LogP contribution in [0.3, 0.4) is 0 Å². The molecule has 0 saturated carbocycles. The highest BCUT2D eigenvalue weighted by atomic mass is 16.5. The van der Waals surface area contributed by atoms with Crippen LogP contribution in [0.2, 0.25) is 0 Å². The molecule has 1 saturated heterocycles. The lowest BCUT2D eigenvalue weighted by atomic mass is 10.0. The molecular weight excluding hydrogens is 382 g/mol. The molecule has 1 amide bonds. The number of nitrogens with one attached hydrogen (secondary N) is 2. The van der Waals surface area contributed by atoms with E-state index in [0.29, 0.717) is 35.8 Å². The molecule has 7 heteroatoms. The van der Waals surface area contributed by atoms with Gasteiger partial charge in [0, 0.05) is 45.3 Å². The van der Waals surface area contributed by atoms with Crippen molar-refractivity contribution < 1.29 is 13.9 Å². The molecule has 0 bridgehead atoms. The molecule has 0 spiro atoms. The summed E-state index contributed by atoms with van der Waals surface area (Å²) in [5.74, 6) is 0.581. The van der Waals surface area contributed by atoms with Gasteiger partial charge < -0.3 is 19.8 Å². The van der Waals surface area contributed by atoms with Gasteiger partial charge in [0.05, 0.1) is 5.39 Å². The van der Waals surface area contributed by atoms with Crippen LogP contribution in [0.4, 0.5) is 0 Å². The Morgan fingerprint density at radius 2 is 2.10 bits per heavy atom. The van der Waals surface area contributed by atoms with Crippen molar-refractivity contribution in [3.05, 3.63) is 40.2 Å². The van der Waals surface area contributed by atoms with Gasteiger partial charge in [-0.25, -0.2) is 0 Å². The van der Waals surface area contributed by atoms with E-state index in [9.17, 15) is 9.59 Å². The highest BCUT2D eigenvalue weighted by Crippen LogP contribution is 2.24. The van der Waals surface area contributed by atoms with E-state index < -0.39 is 0 Å². The number of carbonyl (C=O) groups excluding carboxylic acids is 1. The van der Waals surface area contributed by atoms with E-state index in [1.165, 1.54) is 6.07 Å². The van der Waals surface area contributed by atoms with Crippen molar-refractivity contribution in [2.45, 2.75) is 33.1 Å². The second-order valence-electron chi connectivity index (χ2n) is 7.82. The summed E-state index contributed by atoms with van der Waals surface area (Å²) >= 11 is 0. The molecule has 1 unspecified atom stereocenters. The van der Waals surface area contributed by atoms with Gasteiger partial charge in [-0.2, -0.15) is 0 Å². The zero-order chi connectivity index (χ0) is 21.3. The normalized spacial score (nSPS) is 15.8. The minimum absolute atomic E-state index is 0.0250. The predicted molar refractivity (Wildman–Crippen MR) is 118 cm³/mol. The van der Waals surface area contributed by atoms with Gasteiger partial charge in [0.2, 0.25) is 0 Å². The van der Waals surface area contributed by atoms with E-state index in [0.717, 1.165) is 52.0 Å². The molecule has 1 aliphatic rings. The highest BCUT2D eigenvalue weighted by molar-refractivity contribution is 5.93. The molecule has 2 heterocycles. The first-order chi connectivity index (χ1) is 14.6. The quantitative estimate of drug-likeness (QED) is 0.621. The number of piperazine rings is 1. The number of hydrogen-bond donors (Lipinski definition) is 2. The van der Waals surface area contributed by atoms with Gasteiger partial charge in [0.1, 0.15) is 6.61 Å². The Kier molecular flexibility index (Phi) is 8.28. The van der Waals surface area contributed by atoms with E-state index in [-0.39, 0.29) is 17.1 Å². The fourth-order valence-electron chi connectivity index (χ4n) is 3.78. The minimum Gasteiger partial charge on any atom is -0.488 e. The van der Waals surface area contributed by atoms with Crippen molar-refractivity contribution in [1.29, 1.82) is 0 Å². The number of ether oxygens (including phenoxy) is 1. The summed E-state index contributed by atoms with van der Waals surface area (Å²) in [6, 6.07) is 6.51. The van der Waals surface area contributed by atoms with Crippen LogP contribution in [0, 0.1) is 5.92 Å². The topological polar surface area (TPSA) is 83.8 Å². The number of carbonyl (C=O) groups is 1. The number of benzene rings is 1. The first kappa shape index (κ1) is 22.3. The van der Waals surface area contributed by atoms with E-state index >= 15 is 0 Å². The van der Waals surface area contributed by atoms with Gasteiger partial charge in [-0.3, -0.25) is 14.5 Å². The summed E-state index contributed by atoms with van der Waals surface area (Å²) in [7, 11) is 0. The molecular formula is C23H33N3O4. The van der Waals surface area contributed by atoms with Crippen molar-refractivity contribution in [2.24, 2.45) is 5.92 Å². The molecule has 0 radical (unpaired) electrons. The first-order valence-electron chi connectivity index (χ1n) is 11.0. The molecule has 164 valence electrons. The largest absolute Gasteiger partial charge is 0.488 e. The van der Waals surface area contributed by atoms with Gasteiger partial charge in [-0.05, 0) is 24.5 Å². The van der Waals surface area contributed by atoms with Crippen LogP contribution in [-0.2, 0) is 0 Å². The predicted octanol–water partition coefficient (Wildman–Crippen LogP) is 2.63. The van der Waals surface area contributed by atoms with Crippen LogP contribution in [-0.4, -0.2) is 56.7 Å². The highest BCUT2D eigenvalue weighted by Gasteiger charge is 2.17. The van der Waals surface area contributed by atoms with Crippen molar-refractivity contribution in [2.75, 3.05) is 45.9 Å². The minimum atomic E-state index is -0.362. The molecule has 1 aliphatic heterocycles. The van der Waals surface area contributed by atoms with Crippen molar-refractivity contribution in [3.8, 4) is 5.75 Å². The molecule has 1 atom stereocenters. The third-order valence-corrected chi connectivity index (χ3v) is 5.64. The zero-order valence-electron chi connectivity index (χ0n) is 18.0. The smallest absolute Gasteiger partial charge is 0.287 e. The van der Waals surface area contributed by atoms with E-state index in [1.54, 1.807) is 18.2 Å². The Balaban J connectivity index is 1.71. The average Bonchev–Trinajstić information content (AvgIpc) is 2.77. The van der Waals surface area contributed by atoms with Gasteiger partial charge >= 0.3 is 0 Å². The van der Waals surface area contributed by atoms with E-state index in [1.807, 2.05) is 0 Å². The number of para-hydroxylation sites is 1. The molecule has 2 N–H and O–H groups in total. The Bertz CT molecular complexity index is 890. The number of nitrogens with zero attached hydrogens (tertiary/aromatic N) is 1. The summed E-state index contributed by atoms with van der Waals surface area (Å²) in [4.78, 5) is 27.5. The standard InChI is InChI=1S/C23H33N3O4/c1-3-6-17(4-2)16-25-23(28)21-15-19(27)18-7-5-8-20(22(18)30-21)29-14-13-26-11-9-24-10-12-26/h5,7-8,15,17,24H,3-4,6,9-14,16H2,1-2H3,(H,25,28). The molecule has 1 aromatic carbocycles. The molecule has 2 aromatic rings. The summed E-state index contributed by atoms with van der Waals surface area (Å²) in [5, 5.41) is 6.66.